The number of amides is 1. The minimum Gasteiger partial charge on any atom is -0.548 e. The number of likely N-dealkylation sites (tertiary alicyclic amines) is 1. The van der Waals surface area contributed by atoms with E-state index in [2.05, 4.69) is 4.74 Å². The maximum Gasteiger partial charge on any atom is 0.410 e. The highest BCUT2D eigenvalue weighted by molar-refractivity contribution is 5.81. The molecular formula is C12H16NO5-. The molecule has 0 N–H and O–H groups in total. The predicted molar refractivity (Wildman–Crippen MR) is 58.4 cm³/mol. The number of hydrogen-bond donors (Lipinski definition) is 0. The summed E-state index contributed by atoms with van der Waals surface area (Å²) in [6.07, 6.45) is 1.31. The average Bonchev–Trinajstić information content (AvgIpc) is 2.36. The molecule has 100 valence electrons. The molecule has 6 heteroatoms. The van der Waals surface area contributed by atoms with Gasteiger partial charge in [0.15, 0.2) is 0 Å². The Labute approximate surface area is 105 Å². The quantitative estimate of drug-likeness (QED) is 0.633. The van der Waals surface area contributed by atoms with Crippen molar-refractivity contribution in [3.05, 3.63) is 0 Å². The van der Waals surface area contributed by atoms with Gasteiger partial charge in [0, 0.05) is 19.4 Å². The predicted octanol–water partition coefficient (Wildman–Crippen LogP) is -0.438. The molecule has 0 spiro atoms. The largest absolute Gasteiger partial charge is 0.548 e. The third-order valence-corrected chi connectivity index (χ3v) is 3.97. The van der Waals surface area contributed by atoms with E-state index in [-0.39, 0.29) is 24.0 Å². The van der Waals surface area contributed by atoms with Crippen molar-refractivity contribution >= 4 is 17.8 Å². The van der Waals surface area contributed by atoms with Gasteiger partial charge in [-0.1, -0.05) is 0 Å². The fourth-order valence-electron chi connectivity index (χ4n) is 3.00. The first-order valence-electron chi connectivity index (χ1n) is 6.10. The lowest BCUT2D eigenvalue weighted by Crippen LogP contribution is -2.57. The number of ether oxygens (including phenoxy) is 1. The lowest BCUT2D eigenvalue weighted by atomic mass is 9.72. The summed E-state index contributed by atoms with van der Waals surface area (Å²) < 4.78 is 4.60. The monoisotopic (exact) mass is 254 g/mol. The number of carbonyl (C=O) groups excluding carboxylic acids is 3. The number of fused-ring (bicyclic) bond motifs is 1. The van der Waals surface area contributed by atoms with Crippen molar-refractivity contribution in [1.29, 1.82) is 0 Å². The molecule has 2 fully saturated rings. The second kappa shape index (κ2) is 4.96. The number of rotatable bonds is 1. The summed E-state index contributed by atoms with van der Waals surface area (Å²) in [6, 6.07) is -0.982. The van der Waals surface area contributed by atoms with Crippen molar-refractivity contribution in [2.75, 3.05) is 13.7 Å². The van der Waals surface area contributed by atoms with Crippen molar-refractivity contribution in [1.82, 2.24) is 4.90 Å². The van der Waals surface area contributed by atoms with Crippen molar-refractivity contribution in [3.8, 4) is 0 Å². The summed E-state index contributed by atoms with van der Waals surface area (Å²) in [6.45, 7) is 0.337. The van der Waals surface area contributed by atoms with Crippen LogP contribution in [0.2, 0.25) is 0 Å². The van der Waals surface area contributed by atoms with Crippen LogP contribution in [-0.2, 0) is 14.3 Å². The third-order valence-electron chi connectivity index (χ3n) is 3.97. The van der Waals surface area contributed by atoms with Crippen LogP contribution in [-0.4, -0.2) is 42.4 Å². The molecular weight excluding hydrogens is 238 g/mol. The van der Waals surface area contributed by atoms with Gasteiger partial charge >= 0.3 is 6.09 Å². The summed E-state index contributed by atoms with van der Waals surface area (Å²) in [5.74, 6) is -0.857. The number of piperidine rings is 1. The SMILES string of the molecule is COC(=O)N1CC2CCC(=O)CC2CC1C(=O)[O-]. The fraction of sp³-hybridized carbons (Fsp3) is 0.750. The van der Waals surface area contributed by atoms with Crippen LogP contribution in [0.15, 0.2) is 0 Å². The van der Waals surface area contributed by atoms with Crippen LogP contribution in [0.4, 0.5) is 4.79 Å². The number of nitrogens with zero attached hydrogens (tertiary/aromatic N) is 1. The number of hydrogen-bond acceptors (Lipinski definition) is 5. The lowest BCUT2D eigenvalue weighted by molar-refractivity contribution is -0.312. The highest BCUT2D eigenvalue weighted by Gasteiger charge is 2.41. The summed E-state index contributed by atoms with van der Waals surface area (Å²) in [5, 5.41) is 11.1. The van der Waals surface area contributed by atoms with E-state index in [1.807, 2.05) is 0 Å². The molecule has 2 rings (SSSR count). The van der Waals surface area contributed by atoms with Crippen LogP contribution in [0.25, 0.3) is 0 Å². The Kier molecular flexibility index (Phi) is 3.54. The van der Waals surface area contributed by atoms with E-state index in [9.17, 15) is 19.5 Å². The molecule has 0 aromatic heterocycles. The van der Waals surface area contributed by atoms with Gasteiger partial charge in [0.1, 0.15) is 5.78 Å². The first kappa shape index (κ1) is 12.9. The molecule has 18 heavy (non-hydrogen) atoms. The Balaban J connectivity index is 2.15. The van der Waals surface area contributed by atoms with E-state index in [1.165, 1.54) is 12.0 Å². The number of methoxy groups -OCH3 is 1. The van der Waals surface area contributed by atoms with E-state index in [0.717, 1.165) is 6.42 Å². The number of aliphatic carboxylic acids is 1. The highest BCUT2D eigenvalue weighted by Crippen LogP contribution is 2.37. The zero-order valence-corrected chi connectivity index (χ0v) is 10.3. The molecule has 6 nitrogen and oxygen atoms in total. The van der Waals surface area contributed by atoms with Gasteiger partial charge in [-0.15, -0.1) is 0 Å². The summed E-state index contributed by atoms with van der Waals surface area (Å²) in [7, 11) is 1.23. The Morgan fingerprint density at radius 1 is 1.39 bits per heavy atom. The number of carboxylic acids is 1. The van der Waals surface area contributed by atoms with E-state index in [4.69, 9.17) is 0 Å². The second-order valence-electron chi connectivity index (χ2n) is 4.99. The number of carboxylic acid groups (broad SMARTS) is 1. The summed E-state index contributed by atoms with van der Waals surface area (Å²) >= 11 is 0. The minimum absolute atomic E-state index is 0.0510. The standard InChI is InChI=1S/C12H17NO5/c1-18-12(17)13-6-7-2-3-9(14)4-8(7)5-10(13)11(15)16/h7-8,10H,2-6H2,1H3,(H,15,16)/p-1. The zero-order valence-electron chi connectivity index (χ0n) is 10.3. The smallest absolute Gasteiger partial charge is 0.410 e. The van der Waals surface area contributed by atoms with Crippen LogP contribution >= 0.6 is 0 Å². The van der Waals surface area contributed by atoms with Crippen LogP contribution < -0.4 is 5.11 Å². The van der Waals surface area contributed by atoms with Crippen molar-refractivity contribution < 1.29 is 24.2 Å². The molecule has 3 unspecified atom stereocenters. The van der Waals surface area contributed by atoms with Gasteiger partial charge in [0.05, 0.1) is 19.1 Å². The number of ketones is 1. The topological polar surface area (TPSA) is 86.7 Å². The first-order chi connectivity index (χ1) is 8.52. The fourth-order valence-corrected chi connectivity index (χ4v) is 3.00. The van der Waals surface area contributed by atoms with Gasteiger partial charge in [0.25, 0.3) is 0 Å². The maximum absolute atomic E-state index is 11.6. The minimum atomic E-state index is -1.28. The summed E-state index contributed by atoms with van der Waals surface area (Å²) in [4.78, 5) is 35.3. The normalized spacial score (nSPS) is 31.7. The van der Waals surface area contributed by atoms with Gasteiger partial charge in [-0.3, -0.25) is 9.69 Å². The summed E-state index contributed by atoms with van der Waals surface area (Å²) in [5.41, 5.74) is 0. The molecule has 3 atom stereocenters. The molecule has 1 aliphatic carbocycles. The van der Waals surface area contributed by atoms with Crippen LogP contribution in [0.3, 0.4) is 0 Å². The second-order valence-corrected chi connectivity index (χ2v) is 4.99. The van der Waals surface area contributed by atoms with Gasteiger partial charge in [-0.25, -0.2) is 4.79 Å². The van der Waals surface area contributed by atoms with Crippen molar-refractivity contribution in [2.45, 2.75) is 31.7 Å². The molecule has 0 aromatic rings. The Bertz CT molecular complexity index is 381. The van der Waals surface area contributed by atoms with E-state index in [0.29, 0.717) is 19.4 Å². The maximum atomic E-state index is 11.6. The van der Waals surface area contributed by atoms with Gasteiger partial charge in [-0.2, -0.15) is 0 Å². The van der Waals surface area contributed by atoms with Gasteiger partial charge in [-0.05, 0) is 24.7 Å². The Morgan fingerprint density at radius 3 is 2.72 bits per heavy atom. The van der Waals surface area contributed by atoms with E-state index in [1.54, 1.807) is 0 Å². The number of Topliss-reactive ketones (excluding diaryl/α,β-unsaturated/α-hetero) is 1. The average molecular weight is 254 g/mol. The Morgan fingerprint density at radius 2 is 2.11 bits per heavy atom. The van der Waals surface area contributed by atoms with Crippen LogP contribution in [0.5, 0.6) is 0 Å². The molecule has 0 aromatic carbocycles. The Hall–Kier alpha value is -1.59. The molecule has 1 saturated heterocycles. The molecule has 1 heterocycles. The van der Waals surface area contributed by atoms with Crippen LogP contribution in [0.1, 0.15) is 25.7 Å². The van der Waals surface area contributed by atoms with E-state index < -0.39 is 18.1 Å². The zero-order chi connectivity index (χ0) is 13.3. The molecule has 1 saturated carbocycles. The van der Waals surface area contributed by atoms with Crippen molar-refractivity contribution in [2.24, 2.45) is 11.8 Å². The molecule has 0 bridgehead atoms. The highest BCUT2D eigenvalue weighted by atomic mass is 16.5. The van der Waals surface area contributed by atoms with E-state index >= 15 is 0 Å². The third kappa shape index (κ3) is 2.32. The molecule has 1 aliphatic heterocycles. The van der Waals surface area contributed by atoms with Crippen molar-refractivity contribution in [3.63, 3.8) is 0 Å². The lowest BCUT2D eigenvalue weighted by Gasteiger charge is -2.45. The van der Waals surface area contributed by atoms with Gasteiger partial charge in [0.2, 0.25) is 0 Å². The molecule has 0 radical (unpaired) electrons. The van der Waals surface area contributed by atoms with Gasteiger partial charge < -0.3 is 14.6 Å². The number of carbonyl (C=O) groups is 3. The molecule has 2 aliphatic rings. The molecule has 1 amide bonds. The first-order valence-corrected chi connectivity index (χ1v) is 6.10. The van der Waals surface area contributed by atoms with Crippen LogP contribution in [0, 0.1) is 11.8 Å².